The molecule has 45 heavy (non-hydrogen) atoms. The van der Waals surface area contributed by atoms with Crippen LogP contribution in [0.5, 0.6) is 11.5 Å². The number of piperazine rings is 1. The summed E-state index contributed by atoms with van der Waals surface area (Å²) in [5.74, 6) is 2.42. The molecular formula is C35H36ClN5O4. The standard InChI is InChI=1S/C35H36ClN5O4/c1-21-23(6-5-9-31(21)43-2)19-41(25-12-13-25)35(42)33-28(16-24-17-37-18-30(33)38-24)22-10-14-26(15-11-22)44-20-32-39-34(45-40-32)27-7-3-4-8-29(27)36/h3-11,14-15,24-25,30,37-38H,12-13,16-20H2,1-2H3/t24-,30-/m1/s1. The highest BCUT2D eigenvalue weighted by Crippen LogP contribution is 2.37. The summed E-state index contributed by atoms with van der Waals surface area (Å²) in [6.07, 6.45) is 2.83. The Morgan fingerprint density at radius 3 is 2.67 bits per heavy atom. The van der Waals surface area contributed by atoms with Crippen LogP contribution in [-0.2, 0) is 17.9 Å². The van der Waals surface area contributed by atoms with Crippen molar-refractivity contribution in [2.75, 3.05) is 20.2 Å². The average molecular weight is 626 g/mol. The zero-order valence-corrected chi connectivity index (χ0v) is 26.1. The van der Waals surface area contributed by atoms with Gasteiger partial charge in [0.15, 0.2) is 6.61 Å². The van der Waals surface area contributed by atoms with Gasteiger partial charge in [-0.3, -0.25) is 4.79 Å². The number of benzene rings is 3. The molecule has 1 saturated carbocycles. The van der Waals surface area contributed by atoms with E-state index in [1.54, 1.807) is 13.2 Å². The van der Waals surface area contributed by atoms with E-state index in [4.69, 9.17) is 25.6 Å². The third kappa shape index (κ3) is 6.20. The quantitative estimate of drug-likeness (QED) is 0.236. The van der Waals surface area contributed by atoms with E-state index in [1.807, 2.05) is 54.6 Å². The van der Waals surface area contributed by atoms with Gasteiger partial charge < -0.3 is 29.5 Å². The molecule has 1 amide bonds. The van der Waals surface area contributed by atoms with Gasteiger partial charge >= 0.3 is 0 Å². The first-order valence-electron chi connectivity index (χ1n) is 15.4. The van der Waals surface area contributed by atoms with E-state index < -0.39 is 0 Å². The summed E-state index contributed by atoms with van der Waals surface area (Å²) in [5.41, 5.74) is 5.88. The van der Waals surface area contributed by atoms with Gasteiger partial charge in [0.1, 0.15) is 11.5 Å². The average Bonchev–Trinajstić information content (AvgIpc) is 3.80. The zero-order chi connectivity index (χ0) is 30.9. The first-order chi connectivity index (χ1) is 22.0. The number of nitrogens with zero attached hydrogens (tertiary/aromatic N) is 3. The number of aromatic nitrogens is 2. The van der Waals surface area contributed by atoms with Crippen LogP contribution in [0, 0.1) is 6.92 Å². The van der Waals surface area contributed by atoms with Crippen LogP contribution in [0.15, 0.2) is 76.8 Å². The van der Waals surface area contributed by atoms with E-state index in [0.717, 1.165) is 65.9 Å². The van der Waals surface area contributed by atoms with Crippen molar-refractivity contribution in [2.24, 2.45) is 0 Å². The molecule has 3 aromatic carbocycles. The third-order valence-electron chi connectivity index (χ3n) is 8.88. The van der Waals surface area contributed by atoms with Crippen molar-refractivity contribution < 1.29 is 18.8 Å². The van der Waals surface area contributed by atoms with E-state index in [9.17, 15) is 4.79 Å². The minimum Gasteiger partial charge on any atom is -0.496 e. The number of methoxy groups -OCH3 is 1. The number of halogens is 1. The van der Waals surface area contributed by atoms with Gasteiger partial charge in [-0.15, -0.1) is 0 Å². The number of carbonyl (C=O) groups excluding carboxylic acids is 1. The third-order valence-corrected chi connectivity index (χ3v) is 9.21. The van der Waals surface area contributed by atoms with Crippen molar-refractivity contribution in [3.63, 3.8) is 0 Å². The summed E-state index contributed by atoms with van der Waals surface area (Å²) in [5, 5.41) is 11.8. The minimum atomic E-state index is -0.0471. The van der Waals surface area contributed by atoms with Crippen molar-refractivity contribution >= 4 is 23.1 Å². The Bertz CT molecular complexity index is 1730. The highest BCUT2D eigenvalue weighted by Gasteiger charge is 2.41. The summed E-state index contributed by atoms with van der Waals surface area (Å²) in [6, 6.07) is 21.8. The smallest absolute Gasteiger partial charge is 0.259 e. The van der Waals surface area contributed by atoms with Crippen molar-refractivity contribution in [1.29, 1.82) is 0 Å². The normalized spacial score (nSPS) is 19.4. The maximum atomic E-state index is 14.5. The molecule has 2 aliphatic heterocycles. The summed E-state index contributed by atoms with van der Waals surface area (Å²) < 4.78 is 17.0. The molecule has 3 heterocycles. The summed E-state index contributed by atoms with van der Waals surface area (Å²) >= 11 is 6.27. The van der Waals surface area contributed by atoms with Crippen LogP contribution < -0.4 is 20.1 Å². The molecule has 0 radical (unpaired) electrons. The van der Waals surface area contributed by atoms with Crippen molar-refractivity contribution in [2.45, 2.75) is 57.5 Å². The highest BCUT2D eigenvalue weighted by molar-refractivity contribution is 6.33. The summed E-state index contributed by atoms with van der Waals surface area (Å²) in [6.45, 7) is 4.37. The number of rotatable bonds is 10. The Kier molecular flexibility index (Phi) is 8.31. The largest absolute Gasteiger partial charge is 0.496 e. The van der Waals surface area contributed by atoms with Gasteiger partial charge in [-0.1, -0.05) is 53.2 Å². The van der Waals surface area contributed by atoms with E-state index >= 15 is 0 Å². The van der Waals surface area contributed by atoms with Crippen LogP contribution in [0.4, 0.5) is 0 Å². The molecule has 232 valence electrons. The number of hydrogen-bond acceptors (Lipinski definition) is 8. The fraction of sp³-hybridized carbons (Fsp3) is 0.343. The topological polar surface area (TPSA) is 102 Å². The molecular weight excluding hydrogens is 590 g/mol. The second kappa shape index (κ2) is 12.7. The second-order valence-electron chi connectivity index (χ2n) is 11.9. The molecule has 0 spiro atoms. The lowest BCUT2D eigenvalue weighted by molar-refractivity contribution is -0.128. The first kappa shape index (κ1) is 29.5. The molecule has 1 aromatic heterocycles. The van der Waals surface area contributed by atoms with Crippen LogP contribution >= 0.6 is 11.6 Å². The van der Waals surface area contributed by atoms with Gasteiger partial charge in [-0.05, 0) is 78.8 Å². The Morgan fingerprint density at radius 1 is 1.07 bits per heavy atom. The number of carbonyl (C=O) groups is 1. The summed E-state index contributed by atoms with van der Waals surface area (Å²) in [7, 11) is 1.69. The number of amides is 1. The molecule has 9 nitrogen and oxygen atoms in total. The fourth-order valence-electron chi connectivity index (χ4n) is 6.34. The molecule has 4 aromatic rings. The van der Waals surface area contributed by atoms with Gasteiger partial charge in [0.2, 0.25) is 5.82 Å². The highest BCUT2D eigenvalue weighted by atomic mass is 35.5. The molecule has 2 fully saturated rings. The molecule has 2 bridgehead atoms. The molecule has 10 heteroatoms. The van der Waals surface area contributed by atoms with Gasteiger partial charge in [0, 0.05) is 37.3 Å². The van der Waals surface area contributed by atoms with Crippen LogP contribution in [0.25, 0.3) is 17.0 Å². The van der Waals surface area contributed by atoms with Crippen molar-refractivity contribution in [3.8, 4) is 23.0 Å². The number of nitrogens with one attached hydrogen (secondary N) is 2. The Labute approximate surface area is 267 Å². The van der Waals surface area contributed by atoms with Gasteiger partial charge in [0.25, 0.3) is 11.8 Å². The van der Waals surface area contributed by atoms with Crippen LogP contribution in [0.2, 0.25) is 5.02 Å². The minimum absolute atomic E-state index is 0.0471. The first-order valence-corrected chi connectivity index (χ1v) is 15.8. The Morgan fingerprint density at radius 2 is 1.89 bits per heavy atom. The number of hydrogen-bond donors (Lipinski definition) is 2. The predicted octanol–water partition coefficient (Wildman–Crippen LogP) is 5.56. The van der Waals surface area contributed by atoms with Crippen LogP contribution in [0.1, 0.15) is 41.8 Å². The lowest BCUT2D eigenvalue weighted by Gasteiger charge is -2.41. The van der Waals surface area contributed by atoms with E-state index in [0.29, 0.717) is 34.6 Å². The van der Waals surface area contributed by atoms with Gasteiger partial charge in [-0.2, -0.15) is 4.98 Å². The van der Waals surface area contributed by atoms with E-state index in [1.165, 1.54) is 0 Å². The van der Waals surface area contributed by atoms with Crippen LogP contribution in [-0.4, -0.2) is 59.3 Å². The SMILES string of the molecule is COc1cccc(CN(C(=O)C2=C(c3ccc(OCc4noc(-c5ccccc5Cl)n4)cc3)C[C@@H]3CNC[C@H]2N3)C2CC2)c1C. The number of fused-ring (bicyclic) bond motifs is 2. The molecule has 1 aliphatic carbocycles. The monoisotopic (exact) mass is 625 g/mol. The summed E-state index contributed by atoms with van der Waals surface area (Å²) in [4.78, 5) is 21.0. The molecule has 1 saturated heterocycles. The van der Waals surface area contributed by atoms with E-state index in [-0.39, 0.29) is 30.6 Å². The molecule has 2 N–H and O–H groups in total. The Balaban J connectivity index is 1.12. The Hall–Kier alpha value is -4.18. The fourth-order valence-corrected chi connectivity index (χ4v) is 6.56. The van der Waals surface area contributed by atoms with Crippen molar-refractivity contribution in [1.82, 2.24) is 25.7 Å². The maximum absolute atomic E-state index is 14.5. The maximum Gasteiger partial charge on any atom is 0.259 e. The van der Waals surface area contributed by atoms with Crippen LogP contribution in [0.3, 0.4) is 0 Å². The zero-order valence-electron chi connectivity index (χ0n) is 25.4. The van der Waals surface area contributed by atoms with Crippen molar-refractivity contribution in [3.05, 3.63) is 99.8 Å². The number of ether oxygens (including phenoxy) is 2. The molecule has 2 atom stereocenters. The van der Waals surface area contributed by atoms with E-state index in [2.05, 4.69) is 38.7 Å². The molecule has 7 rings (SSSR count). The second-order valence-corrected chi connectivity index (χ2v) is 12.3. The molecule has 3 aliphatic rings. The lowest BCUT2D eigenvalue weighted by atomic mass is 9.83. The predicted molar refractivity (Wildman–Crippen MR) is 172 cm³/mol. The lowest BCUT2D eigenvalue weighted by Crippen LogP contribution is -2.60. The molecule has 0 unspecified atom stereocenters. The van der Waals surface area contributed by atoms with Gasteiger partial charge in [0.05, 0.1) is 23.7 Å². The van der Waals surface area contributed by atoms with Gasteiger partial charge in [-0.25, -0.2) is 0 Å².